The first kappa shape index (κ1) is 29.1. The zero-order valence-corrected chi connectivity index (χ0v) is 20.1. The summed E-state index contributed by atoms with van der Waals surface area (Å²) in [5.41, 5.74) is -0.825. The first-order chi connectivity index (χ1) is 13.5. The number of hydrogen-bond acceptors (Lipinski definition) is 6. The standard InChI is InChI=1S/C10H15NO2.C5H10Br2.C5H7NO2/c1-2-13-9(12)10(8-11)6-4-3-5-7-10;6-4-2-1-3-5-7;1-2-8-5(7)3-4-6/h2-7H2,1H3;1-5H2;2-3H2,1H3. The van der Waals surface area contributed by atoms with E-state index in [-0.39, 0.29) is 12.4 Å². The summed E-state index contributed by atoms with van der Waals surface area (Å²) in [6, 6.07) is 3.81. The lowest BCUT2D eigenvalue weighted by Gasteiger charge is -2.27. The molecular weight excluding hydrogens is 492 g/mol. The van der Waals surface area contributed by atoms with Gasteiger partial charge in [0.2, 0.25) is 0 Å². The van der Waals surface area contributed by atoms with Gasteiger partial charge in [-0.1, -0.05) is 57.5 Å². The van der Waals surface area contributed by atoms with Gasteiger partial charge in [0, 0.05) is 10.7 Å². The second-order valence-electron chi connectivity index (χ2n) is 6.05. The van der Waals surface area contributed by atoms with Crippen LogP contribution in [-0.2, 0) is 19.1 Å². The maximum absolute atomic E-state index is 11.5. The molecule has 1 aliphatic carbocycles. The van der Waals surface area contributed by atoms with E-state index in [4.69, 9.17) is 15.3 Å². The van der Waals surface area contributed by atoms with Crippen molar-refractivity contribution in [1.29, 1.82) is 10.5 Å². The van der Waals surface area contributed by atoms with E-state index in [0.717, 1.165) is 29.9 Å². The minimum atomic E-state index is -0.825. The van der Waals surface area contributed by atoms with Crippen molar-refractivity contribution in [2.24, 2.45) is 5.41 Å². The molecule has 6 nitrogen and oxygen atoms in total. The highest BCUT2D eigenvalue weighted by molar-refractivity contribution is 9.09. The molecular formula is C20H32Br2N2O4. The lowest BCUT2D eigenvalue weighted by Crippen LogP contribution is -2.33. The summed E-state index contributed by atoms with van der Waals surface area (Å²) in [5.74, 6) is -0.771. The number of carbonyl (C=O) groups excluding carboxylic acids is 2. The highest BCUT2D eigenvalue weighted by Gasteiger charge is 2.41. The first-order valence-electron chi connectivity index (χ1n) is 9.70. The predicted octanol–water partition coefficient (Wildman–Crippen LogP) is 5.43. The summed E-state index contributed by atoms with van der Waals surface area (Å²) in [5, 5.41) is 19.2. The summed E-state index contributed by atoms with van der Waals surface area (Å²) in [6.07, 6.45) is 8.22. The number of nitriles is 2. The number of nitrogens with zero attached hydrogens (tertiary/aromatic N) is 2. The van der Waals surface area contributed by atoms with Crippen molar-refractivity contribution in [3.05, 3.63) is 0 Å². The molecule has 0 N–H and O–H groups in total. The third-order valence-corrected chi connectivity index (χ3v) is 5.00. The number of hydrogen-bond donors (Lipinski definition) is 0. The molecule has 0 bridgehead atoms. The van der Waals surface area contributed by atoms with Crippen LogP contribution in [0.4, 0.5) is 0 Å². The maximum atomic E-state index is 11.5. The van der Waals surface area contributed by atoms with Crippen molar-refractivity contribution in [2.45, 2.75) is 71.6 Å². The van der Waals surface area contributed by atoms with E-state index in [9.17, 15) is 9.59 Å². The summed E-state index contributed by atoms with van der Waals surface area (Å²) >= 11 is 6.73. The number of ether oxygens (including phenoxy) is 2. The Morgan fingerprint density at radius 3 is 1.86 bits per heavy atom. The SMILES string of the molecule is BrCCCCCBr.CCOC(=O)C1(C#N)CCCCC1.CCOC(=O)CC#N. The minimum Gasteiger partial charge on any atom is -0.465 e. The zero-order valence-electron chi connectivity index (χ0n) is 17.0. The van der Waals surface area contributed by atoms with Crippen LogP contribution in [0.2, 0.25) is 0 Å². The molecule has 1 rings (SSSR count). The van der Waals surface area contributed by atoms with Gasteiger partial charge in [-0.25, -0.2) is 0 Å². The zero-order chi connectivity index (χ0) is 21.7. The van der Waals surface area contributed by atoms with Crippen LogP contribution in [0.15, 0.2) is 0 Å². The lowest BCUT2D eigenvalue weighted by atomic mass is 9.75. The van der Waals surface area contributed by atoms with Gasteiger partial charge in [0.1, 0.15) is 6.42 Å². The van der Waals surface area contributed by atoms with Gasteiger partial charge in [0.05, 0.1) is 25.4 Å². The molecule has 1 fully saturated rings. The molecule has 0 radical (unpaired) electrons. The fraction of sp³-hybridized carbons (Fsp3) is 0.800. The van der Waals surface area contributed by atoms with Gasteiger partial charge in [0.15, 0.2) is 5.41 Å². The molecule has 28 heavy (non-hydrogen) atoms. The first-order valence-corrected chi connectivity index (χ1v) is 11.9. The molecule has 0 saturated heterocycles. The second kappa shape index (κ2) is 20.6. The van der Waals surface area contributed by atoms with Crippen molar-refractivity contribution < 1.29 is 19.1 Å². The number of esters is 2. The molecule has 1 saturated carbocycles. The van der Waals surface area contributed by atoms with Crippen LogP contribution >= 0.6 is 31.9 Å². The van der Waals surface area contributed by atoms with Gasteiger partial charge in [-0.3, -0.25) is 9.59 Å². The van der Waals surface area contributed by atoms with E-state index < -0.39 is 11.4 Å². The fourth-order valence-electron chi connectivity index (χ4n) is 2.43. The van der Waals surface area contributed by atoms with E-state index in [0.29, 0.717) is 26.1 Å². The Kier molecular flexibility index (Phi) is 21.4. The molecule has 0 aromatic heterocycles. The van der Waals surface area contributed by atoms with Crippen LogP contribution in [0.25, 0.3) is 0 Å². The Bertz CT molecular complexity index is 491. The van der Waals surface area contributed by atoms with E-state index in [2.05, 4.69) is 42.7 Å². The van der Waals surface area contributed by atoms with E-state index in [1.54, 1.807) is 19.9 Å². The molecule has 0 amide bonds. The van der Waals surface area contributed by atoms with Gasteiger partial charge < -0.3 is 9.47 Å². The average Bonchev–Trinajstić information content (AvgIpc) is 2.70. The van der Waals surface area contributed by atoms with Crippen molar-refractivity contribution in [3.8, 4) is 12.1 Å². The number of carbonyl (C=O) groups is 2. The van der Waals surface area contributed by atoms with Crippen molar-refractivity contribution >= 4 is 43.8 Å². The number of halogens is 2. The average molecular weight is 524 g/mol. The minimum absolute atomic E-state index is 0.145. The maximum Gasteiger partial charge on any atom is 0.326 e. The third-order valence-electron chi connectivity index (χ3n) is 3.88. The molecule has 0 heterocycles. The summed E-state index contributed by atoms with van der Waals surface area (Å²) in [4.78, 5) is 21.7. The largest absolute Gasteiger partial charge is 0.465 e. The van der Waals surface area contributed by atoms with Crippen molar-refractivity contribution in [3.63, 3.8) is 0 Å². The Labute approximate surface area is 186 Å². The summed E-state index contributed by atoms with van der Waals surface area (Å²) < 4.78 is 9.34. The molecule has 160 valence electrons. The van der Waals surface area contributed by atoms with Crippen LogP contribution in [0.3, 0.4) is 0 Å². The smallest absolute Gasteiger partial charge is 0.326 e. The van der Waals surface area contributed by atoms with Crippen molar-refractivity contribution in [1.82, 2.24) is 0 Å². The highest BCUT2D eigenvalue weighted by atomic mass is 79.9. The summed E-state index contributed by atoms with van der Waals surface area (Å²) in [7, 11) is 0. The number of unbranched alkanes of at least 4 members (excludes halogenated alkanes) is 2. The second-order valence-corrected chi connectivity index (χ2v) is 7.64. The molecule has 0 aliphatic heterocycles. The molecule has 0 spiro atoms. The van der Waals surface area contributed by atoms with E-state index in [1.165, 1.54) is 19.3 Å². The van der Waals surface area contributed by atoms with Crippen molar-refractivity contribution in [2.75, 3.05) is 23.9 Å². The molecule has 0 unspecified atom stereocenters. The van der Waals surface area contributed by atoms with Crippen LogP contribution in [-0.4, -0.2) is 35.8 Å². The molecule has 0 aromatic rings. The lowest BCUT2D eigenvalue weighted by molar-refractivity contribution is -0.153. The molecule has 0 atom stereocenters. The predicted molar refractivity (Wildman–Crippen MR) is 116 cm³/mol. The van der Waals surface area contributed by atoms with Crippen LogP contribution < -0.4 is 0 Å². The summed E-state index contributed by atoms with van der Waals surface area (Å²) in [6.45, 7) is 4.18. The quantitative estimate of drug-likeness (QED) is 0.239. The van der Waals surface area contributed by atoms with Gasteiger partial charge in [-0.15, -0.1) is 0 Å². The van der Waals surface area contributed by atoms with E-state index in [1.807, 2.05) is 0 Å². The van der Waals surface area contributed by atoms with Gasteiger partial charge in [-0.05, 0) is 39.5 Å². The normalized spacial score (nSPS) is 13.9. The highest BCUT2D eigenvalue weighted by Crippen LogP contribution is 2.36. The Hall–Kier alpha value is -1.12. The Balaban J connectivity index is 0. The van der Waals surface area contributed by atoms with Gasteiger partial charge in [0.25, 0.3) is 0 Å². The Morgan fingerprint density at radius 1 is 0.929 bits per heavy atom. The van der Waals surface area contributed by atoms with E-state index >= 15 is 0 Å². The Morgan fingerprint density at radius 2 is 1.46 bits per heavy atom. The topological polar surface area (TPSA) is 100 Å². The molecule has 0 aromatic carbocycles. The van der Waals surface area contributed by atoms with Gasteiger partial charge >= 0.3 is 11.9 Å². The molecule has 1 aliphatic rings. The number of rotatable bonds is 8. The van der Waals surface area contributed by atoms with Crippen LogP contribution in [0.1, 0.15) is 71.6 Å². The molecule has 8 heteroatoms. The van der Waals surface area contributed by atoms with Gasteiger partial charge in [-0.2, -0.15) is 10.5 Å². The third kappa shape index (κ3) is 14.9. The van der Waals surface area contributed by atoms with Crippen LogP contribution in [0, 0.1) is 28.1 Å². The fourth-order valence-corrected chi connectivity index (χ4v) is 3.22. The van der Waals surface area contributed by atoms with Crippen LogP contribution in [0.5, 0.6) is 0 Å². The number of alkyl halides is 2. The monoisotopic (exact) mass is 522 g/mol.